The van der Waals surface area contributed by atoms with Gasteiger partial charge in [0.1, 0.15) is 11.2 Å². The van der Waals surface area contributed by atoms with E-state index < -0.39 is 0 Å². The van der Waals surface area contributed by atoms with E-state index in [2.05, 4.69) is 20.9 Å². The Kier molecular flexibility index (Phi) is 6.31. The molecule has 0 amide bonds. The molecule has 84 valence electrons. The molecule has 0 aliphatic carbocycles. The third-order valence-electron chi connectivity index (χ3n) is 1.60. The number of hydrogen-bond donors (Lipinski definition) is 0. The lowest BCUT2D eigenvalue weighted by molar-refractivity contribution is 0.0536. The van der Waals surface area contributed by atoms with E-state index in [0.29, 0.717) is 32.3 Å². The summed E-state index contributed by atoms with van der Waals surface area (Å²) in [6.45, 7) is 2.23. The van der Waals surface area contributed by atoms with Crippen LogP contribution in [0.15, 0.2) is 22.8 Å². The molecular formula is C10H14BrNO3. The maximum absolute atomic E-state index is 5.36. The van der Waals surface area contributed by atoms with Crippen molar-refractivity contribution in [2.75, 3.05) is 33.5 Å². The molecule has 1 heterocycles. The predicted octanol–water partition coefficient (Wildman–Crippen LogP) is 1.89. The predicted molar refractivity (Wildman–Crippen MR) is 60.1 cm³/mol. The number of halogens is 1. The van der Waals surface area contributed by atoms with E-state index in [9.17, 15) is 0 Å². The summed E-state index contributed by atoms with van der Waals surface area (Å²) in [6, 6.07) is 5.53. The molecule has 0 bridgehead atoms. The highest BCUT2D eigenvalue weighted by Crippen LogP contribution is 2.11. The molecule has 0 atom stereocenters. The average Bonchev–Trinajstić information content (AvgIpc) is 2.23. The van der Waals surface area contributed by atoms with Crippen LogP contribution in [-0.4, -0.2) is 38.5 Å². The second-order valence-corrected chi connectivity index (χ2v) is 3.56. The van der Waals surface area contributed by atoms with E-state index in [1.807, 2.05) is 12.1 Å². The van der Waals surface area contributed by atoms with Crippen molar-refractivity contribution in [3.63, 3.8) is 0 Å². The third-order valence-corrected chi connectivity index (χ3v) is 2.04. The van der Waals surface area contributed by atoms with Crippen molar-refractivity contribution < 1.29 is 14.2 Å². The van der Waals surface area contributed by atoms with Crippen molar-refractivity contribution in [3.8, 4) is 5.88 Å². The zero-order valence-electron chi connectivity index (χ0n) is 8.61. The van der Waals surface area contributed by atoms with E-state index in [1.54, 1.807) is 13.2 Å². The smallest absolute Gasteiger partial charge is 0.214 e. The van der Waals surface area contributed by atoms with Crippen LogP contribution >= 0.6 is 15.9 Å². The summed E-state index contributed by atoms with van der Waals surface area (Å²) >= 11 is 3.27. The number of rotatable bonds is 7. The molecule has 0 radical (unpaired) electrons. The Labute approximate surface area is 97.7 Å². The highest BCUT2D eigenvalue weighted by Gasteiger charge is 1.95. The SMILES string of the molecule is COCCOCCOc1cccc(Br)n1. The maximum atomic E-state index is 5.36. The van der Waals surface area contributed by atoms with Crippen molar-refractivity contribution in [2.45, 2.75) is 0 Å². The van der Waals surface area contributed by atoms with Gasteiger partial charge in [0.15, 0.2) is 0 Å². The van der Waals surface area contributed by atoms with E-state index in [0.717, 1.165) is 4.60 Å². The minimum Gasteiger partial charge on any atom is -0.475 e. The Hall–Kier alpha value is -0.650. The van der Waals surface area contributed by atoms with Crippen LogP contribution in [0.5, 0.6) is 5.88 Å². The molecular weight excluding hydrogens is 262 g/mol. The minimum atomic E-state index is 0.493. The number of pyridine rings is 1. The number of aromatic nitrogens is 1. The largest absolute Gasteiger partial charge is 0.475 e. The van der Waals surface area contributed by atoms with Crippen LogP contribution in [0.25, 0.3) is 0 Å². The number of hydrogen-bond acceptors (Lipinski definition) is 4. The molecule has 0 saturated carbocycles. The fraction of sp³-hybridized carbons (Fsp3) is 0.500. The van der Waals surface area contributed by atoms with Gasteiger partial charge >= 0.3 is 0 Å². The first kappa shape index (κ1) is 12.4. The summed E-state index contributed by atoms with van der Waals surface area (Å²) in [6.07, 6.45) is 0. The first-order valence-electron chi connectivity index (χ1n) is 4.65. The molecule has 1 aromatic rings. The van der Waals surface area contributed by atoms with Gasteiger partial charge < -0.3 is 14.2 Å². The van der Waals surface area contributed by atoms with E-state index in [1.165, 1.54) is 0 Å². The second kappa shape index (κ2) is 7.62. The highest BCUT2D eigenvalue weighted by atomic mass is 79.9. The van der Waals surface area contributed by atoms with Crippen LogP contribution in [0.4, 0.5) is 0 Å². The first-order chi connectivity index (χ1) is 7.33. The average molecular weight is 276 g/mol. The molecule has 1 aromatic heterocycles. The van der Waals surface area contributed by atoms with Gasteiger partial charge in [-0.25, -0.2) is 4.98 Å². The number of methoxy groups -OCH3 is 1. The van der Waals surface area contributed by atoms with Crippen molar-refractivity contribution in [3.05, 3.63) is 22.8 Å². The summed E-state index contributed by atoms with van der Waals surface area (Å²) in [7, 11) is 1.64. The molecule has 0 unspecified atom stereocenters. The van der Waals surface area contributed by atoms with Gasteiger partial charge in [0, 0.05) is 13.2 Å². The first-order valence-corrected chi connectivity index (χ1v) is 5.44. The van der Waals surface area contributed by atoms with Crippen molar-refractivity contribution in [1.82, 2.24) is 4.98 Å². The molecule has 0 aliphatic rings. The van der Waals surface area contributed by atoms with Crippen molar-refractivity contribution in [1.29, 1.82) is 0 Å². The molecule has 0 fully saturated rings. The molecule has 0 N–H and O–H groups in total. The monoisotopic (exact) mass is 275 g/mol. The van der Waals surface area contributed by atoms with E-state index in [4.69, 9.17) is 14.2 Å². The standard InChI is InChI=1S/C10H14BrNO3/c1-13-5-6-14-7-8-15-10-4-2-3-9(11)12-10/h2-4H,5-8H2,1H3. The van der Waals surface area contributed by atoms with Gasteiger partial charge in [0.2, 0.25) is 5.88 Å². The molecule has 1 rings (SSSR count). The summed E-state index contributed by atoms with van der Waals surface area (Å²) < 4.78 is 16.2. The quantitative estimate of drug-likeness (QED) is 0.563. The lowest BCUT2D eigenvalue weighted by Gasteiger charge is -2.06. The van der Waals surface area contributed by atoms with Gasteiger partial charge in [-0.1, -0.05) is 6.07 Å². The fourth-order valence-electron chi connectivity index (χ4n) is 0.920. The van der Waals surface area contributed by atoms with E-state index in [-0.39, 0.29) is 0 Å². The van der Waals surface area contributed by atoms with Crippen molar-refractivity contribution in [2.24, 2.45) is 0 Å². The van der Waals surface area contributed by atoms with Gasteiger partial charge in [-0.15, -0.1) is 0 Å². The summed E-state index contributed by atoms with van der Waals surface area (Å²) in [5, 5.41) is 0. The number of nitrogens with zero attached hydrogens (tertiary/aromatic N) is 1. The normalized spacial score (nSPS) is 10.3. The van der Waals surface area contributed by atoms with E-state index >= 15 is 0 Å². The molecule has 5 heteroatoms. The maximum Gasteiger partial charge on any atom is 0.214 e. The third kappa shape index (κ3) is 5.71. The molecule has 0 spiro atoms. The van der Waals surface area contributed by atoms with Gasteiger partial charge in [0.05, 0.1) is 19.8 Å². The molecule has 15 heavy (non-hydrogen) atoms. The fourth-order valence-corrected chi connectivity index (χ4v) is 1.25. The second-order valence-electron chi connectivity index (χ2n) is 2.75. The Morgan fingerprint density at radius 1 is 1.20 bits per heavy atom. The molecule has 0 aromatic carbocycles. The zero-order valence-corrected chi connectivity index (χ0v) is 10.2. The topological polar surface area (TPSA) is 40.6 Å². The summed E-state index contributed by atoms with van der Waals surface area (Å²) in [5.41, 5.74) is 0. The van der Waals surface area contributed by atoms with Gasteiger partial charge in [-0.3, -0.25) is 0 Å². The van der Waals surface area contributed by atoms with Gasteiger partial charge in [-0.2, -0.15) is 0 Å². The minimum absolute atomic E-state index is 0.493. The van der Waals surface area contributed by atoms with Crippen LogP contribution in [0.2, 0.25) is 0 Å². The number of ether oxygens (including phenoxy) is 3. The molecule has 4 nitrogen and oxygen atoms in total. The summed E-state index contributed by atoms with van der Waals surface area (Å²) in [4.78, 5) is 4.12. The van der Waals surface area contributed by atoms with Crippen LogP contribution in [0.1, 0.15) is 0 Å². The van der Waals surface area contributed by atoms with Gasteiger partial charge in [0.25, 0.3) is 0 Å². The zero-order chi connectivity index (χ0) is 10.9. The molecule has 0 aliphatic heterocycles. The Bertz CT molecular complexity index is 283. The Morgan fingerprint density at radius 3 is 2.73 bits per heavy atom. The summed E-state index contributed by atoms with van der Waals surface area (Å²) in [5.74, 6) is 0.597. The van der Waals surface area contributed by atoms with Gasteiger partial charge in [-0.05, 0) is 22.0 Å². The van der Waals surface area contributed by atoms with Crippen LogP contribution in [0.3, 0.4) is 0 Å². The van der Waals surface area contributed by atoms with Crippen LogP contribution in [-0.2, 0) is 9.47 Å². The Balaban J connectivity index is 2.10. The lowest BCUT2D eigenvalue weighted by atomic mass is 10.5. The highest BCUT2D eigenvalue weighted by molar-refractivity contribution is 9.10. The Morgan fingerprint density at radius 2 is 2.00 bits per heavy atom. The van der Waals surface area contributed by atoms with Crippen molar-refractivity contribution >= 4 is 15.9 Å². The molecule has 0 saturated heterocycles. The van der Waals surface area contributed by atoms with Crippen LogP contribution in [0, 0.1) is 0 Å². The van der Waals surface area contributed by atoms with Crippen LogP contribution < -0.4 is 4.74 Å². The lowest BCUT2D eigenvalue weighted by Crippen LogP contribution is -2.10.